The van der Waals surface area contributed by atoms with Gasteiger partial charge in [-0.1, -0.05) is 12.8 Å². The molecule has 0 aliphatic rings. The SMILES string of the molecule is CCCOc1cc(C)cc2sc(C#Cc3cc(O)ccc3O)nc12. The van der Waals surface area contributed by atoms with Gasteiger partial charge in [-0.25, -0.2) is 4.98 Å². The average Bonchev–Trinajstić information content (AvgIpc) is 2.96. The summed E-state index contributed by atoms with van der Waals surface area (Å²) >= 11 is 1.48. The van der Waals surface area contributed by atoms with Gasteiger partial charge in [0.15, 0.2) is 5.01 Å². The molecular formula is C19H17NO3S. The molecule has 1 aromatic heterocycles. The van der Waals surface area contributed by atoms with Crippen molar-refractivity contribution in [1.82, 2.24) is 4.98 Å². The van der Waals surface area contributed by atoms with Crippen LogP contribution in [0.1, 0.15) is 29.5 Å². The zero-order valence-electron chi connectivity index (χ0n) is 13.5. The maximum absolute atomic E-state index is 9.78. The third-order valence-electron chi connectivity index (χ3n) is 3.35. The predicted molar refractivity (Wildman–Crippen MR) is 95.9 cm³/mol. The quantitative estimate of drug-likeness (QED) is 0.554. The molecule has 0 aliphatic heterocycles. The van der Waals surface area contributed by atoms with Crippen molar-refractivity contribution in [1.29, 1.82) is 0 Å². The number of thiazole rings is 1. The molecule has 2 aromatic carbocycles. The Kier molecular flexibility index (Phi) is 4.59. The van der Waals surface area contributed by atoms with Crippen molar-refractivity contribution in [3.05, 3.63) is 46.5 Å². The number of aromatic hydroxyl groups is 2. The lowest BCUT2D eigenvalue weighted by molar-refractivity contribution is 0.320. The Balaban J connectivity index is 2.00. The largest absolute Gasteiger partial charge is 0.508 e. The minimum atomic E-state index is 0.0317. The van der Waals surface area contributed by atoms with Crippen LogP contribution in [0.2, 0.25) is 0 Å². The third kappa shape index (κ3) is 3.44. The minimum absolute atomic E-state index is 0.0317. The standard InChI is InChI=1S/C19H17NO3S/c1-3-8-23-16-9-12(2)10-17-19(16)20-18(24-17)7-4-13-11-14(21)5-6-15(13)22/h5-6,9-11,21-22H,3,8H2,1-2H3. The number of nitrogens with zero attached hydrogens (tertiary/aromatic N) is 1. The fraction of sp³-hybridized carbons (Fsp3) is 0.211. The molecule has 0 saturated heterocycles. The molecule has 1 heterocycles. The lowest BCUT2D eigenvalue weighted by atomic mass is 10.2. The van der Waals surface area contributed by atoms with Crippen molar-refractivity contribution in [2.24, 2.45) is 0 Å². The topological polar surface area (TPSA) is 62.6 Å². The molecule has 0 unspecified atom stereocenters. The molecule has 24 heavy (non-hydrogen) atoms. The lowest BCUT2D eigenvalue weighted by Crippen LogP contribution is -1.96. The second-order valence-corrected chi connectivity index (χ2v) is 6.46. The van der Waals surface area contributed by atoms with Gasteiger partial charge in [0.2, 0.25) is 0 Å². The summed E-state index contributed by atoms with van der Waals surface area (Å²) < 4.78 is 6.80. The van der Waals surface area contributed by atoms with Crippen molar-refractivity contribution in [2.75, 3.05) is 6.61 Å². The van der Waals surface area contributed by atoms with E-state index in [2.05, 4.69) is 29.8 Å². The lowest BCUT2D eigenvalue weighted by Gasteiger charge is -2.05. The fourth-order valence-corrected chi connectivity index (χ4v) is 3.19. The van der Waals surface area contributed by atoms with Crippen LogP contribution in [-0.4, -0.2) is 21.8 Å². The summed E-state index contributed by atoms with van der Waals surface area (Å²) in [7, 11) is 0. The maximum atomic E-state index is 9.78. The Labute approximate surface area is 144 Å². The third-order valence-corrected chi connectivity index (χ3v) is 4.27. The van der Waals surface area contributed by atoms with Crippen LogP contribution >= 0.6 is 11.3 Å². The van der Waals surface area contributed by atoms with E-state index in [-0.39, 0.29) is 11.5 Å². The number of aryl methyl sites for hydroxylation is 1. The molecule has 2 N–H and O–H groups in total. The number of hydrogen-bond acceptors (Lipinski definition) is 5. The minimum Gasteiger partial charge on any atom is -0.508 e. The maximum Gasteiger partial charge on any atom is 0.168 e. The first-order chi connectivity index (χ1) is 11.6. The molecule has 0 spiro atoms. The first-order valence-corrected chi connectivity index (χ1v) is 8.46. The van der Waals surface area contributed by atoms with E-state index in [1.807, 2.05) is 13.0 Å². The molecule has 0 atom stereocenters. The number of phenols is 2. The second-order valence-electron chi connectivity index (χ2n) is 5.43. The summed E-state index contributed by atoms with van der Waals surface area (Å²) in [6.07, 6.45) is 0.934. The molecule has 0 fully saturated rings. The number of benzene rings is 2. The number of hydrogen-bond donors (Lipinski definition) is 2. The zero-order valence-corrected chi connectivity index (χ0v) is 14.3. The van der Waals surface area contributed by atoms with E-state index in [1.165, 1.54) is 29.5 Å². The molecule has 4 nitrogen and oxygen atoms in total. The van der Waals surface area contributed by atoms with E-state index in [4.69, 9.17) is 4.74 Å². The van der Waals surface area contributed by atoms with Gasteiger partial charge < -0.3 is 14.9 Å². The van der Waals surface area contributed by atoms with Gasteiger partial charge in [0.1, 0.15) is 22.8 Å². The summed E-state index contributed by atoms with van der Waals surface area (Å²) in [5.74, 6) is 6.68. The van der Waals surface area contributed by atoms with Crippen LogP contribution in [0.3, 0.4) is 0 Å². The molecule has 0 amide bonds. The van der Waals surface area contributed by atoms with Crippen molar-refractivity contribution in [2.45, 2.75) is 20.3 Å². The van der Waals surface area contributed by atoms with Gasteiger partial charge in [0, 0.05) is 0 Å². The highest BCUT2D eigenvalue weighted by molar-refractivity contribution is 7.19. The van der Waals surface area contributed by atoms with Gasteiger partial charge in [-0.3, -0.25) is 0 Å². The van der Waals surface area contributed by atoms with Crippen LogP contribution in [-0.2, 0) is 0 Å². The van der Waals surface area contributed by atoms with Crippen LogP contribution in [0.25, 0.3) is 10.2 Å². The fourth-order valence-electron chi connectivity index (χ4n) is 2.25. The first-order valence-electron chi connectivity index (χ1n) is 7.65. The highest BCUT2D eigenvalue weighted by atomic mass is 32.1. The number of ether oxygens (including phenoxy) is 1. The Bertz CT molecular complexity index is 950. The highest BCUT2D eigenvalue weighted by Crippen LogP contribution is 2.31. The Morgan fingerprint density at radius 1 is 1.17 bits per heavy atom. The van der Waals surface area contributed by atoms with Crippen LogP contribution < -0.4 is 4.74 Å². The van der Waals surface area contributed by atoms with Gasteiger partial charge >= 0.3 is 0 Å². The van der Waals surface area contributed by atoms with E-state index in [9.17, 15) is 10.2 Å². The van der Waals surface area contributed by atoms with E-state index >= 15 is 0 Å². The zero-order chi connectivity index (χ0) is 17.1. The van der Waals surface area contributed by atoms with Crippen LogP contribution in [0.4, 0.5) is 0 Å². The van der Waals surface area contributed by atoms with Crippen molar-refractivity contribution < 1.29 is 14.9 Å². The molecule has 0 radical (unpaired) electrons. The predicted octanol–water partition coefficient (Wildman–Crippen LogP) is 4.20. The van der Waals surface area contributed by atoms with Crippen LogP contribution in [0.5, 0.6) is 17.2 Å². The van der Waals surface area contributed by atoms with Gasteiger partial charge in [-0.15, -0.1) is 11.3 Å². The second kappa shape index (κ2) is 6.81. The Hall–Kier alpha value is -2.71. The van der Waals surface area contributed by atoms with E-state index in [0.29, 0.717) is 17.2 Å². The number of aromatic nitrogens is 1. The Morgan fingerprint density at radius 2 is 2.00 bits per heavy atom. The normalized spacial score (nSPS) is 10.4. The summed E-state index contributed by atoms with van der Waals surface area (Å²) in [6.45, 7) is 4.73. The highest BCUT2D eigenvalue weighted by Gasteiger charge is 2.09. The van der Waals surface area contributed by atoms with Crippen molar-refractivity contribution in [3.8, 4) is 29.1 Å². The van der Waals surface area contributed by atoms with Crippen molar-refractivity contribution >= 4 is 21.6 Å². The number of phenolic OH excluding ortho intramolecular Hbond substituents is 2. The van der Waals surface area contributed by atoms with Gasteiger partial charge in [0.25, 0.3) is 0 Å². The molecule has 3 aromatic rings. The molecule has 5 heteroatoms. The van der Waals surface area contributed by atoms with E-state index in [1.54, 1.807) is 0 Å². The van der Waals surface area contributed by atoms with E-state index < -0.39 is 0 Å². The smallest absolute Gasteiger partial charge is 0.168 e. The number of rotatable bonds is 3. The van der Waals surface area contributed by atoms with Gasteiger partial charge in [0.05, 0.1) is 16.9 Å². The summed E-state index contributed by atoms with van der Waals surface area (Å²) in [4.78, 5) is 4.55. The summed E-state index contributed by atoms with van der Waals surface area (Å²) in [6, 6.07) is 8.30. The summed E-state index contributed by atoms with van der Waals surface area (Å²) in [5, 5.41) is 19.9. The van der Waals surface area contributed by atoms with Gasteiger partial charge in [-0.2, -0.15) is 0 Å². The number of fused-ring (bicyclic) bond motifs is 1. The van der Waals surface area contributed by atoms with Crippen LogP contribution in [0.15, 0.2) is 30.3 Å². The van der Waals surface area contributed by atoms with E-state index in [0.717, 1.165) is 28.0 Å². The molecule has 0 saturated carbocycles. The monoisotopic (exact) mass is 339 g/mol. The molecular weight excluding hydrogens is 322 g/mol. The Morgan fingerprint density at radius 3 is 2.79 bits per heavy atom. The first kappa shape index (κ1) is 16.2. The molecule has 0 bridgehead atoms. The average molecular weight is 339 g/mol. The molecule has 3 rings (SSSR count). The molecule has 0 aliphatic carbocycles. The summed E-state index contributed by atoms with van der Waals surface area (Å²) in [5.41, 5.74) is 2.29. The van der Waals surface area contributed by atoms with Crippen LogP contribution in [0, 0.1) is 18.8 Å². The molecule has 122 valence electrons. The van der Waals surface area contributed by atoms with Gasteiger partial charge in [-0.05, 0) is 55.2 Å². The van der Waals surface area contributed by atoms with Crippen molar-refractivity contribution in [3.63, 3.8) is 0 Å².